The quantitative estimate of drug-likeness (QED) is 0.283. The molecule has 0 aliphatic heterocycles. The molecule has 0 aromatic heterocycles. The first-order chi connectivity index (χ1) is 17.9. The fourth-order valence-corrected chi connectivity index (χ4v) is 5.41. The highest BCUT2D eigenvalue weighted by atomic mass is 32.2. The van der Waals surface area contributed by atoms with Crippen LogP contribution in [0.15, 0.2) is 114 Å². The van der Waals surface area contributed by atoms with Crippen molar-refractivity contribution in [2.75, 3.05) is 10.9 Å². The molecule has 4 aromatic carbocycles. The van der Waals surface area contributed by atoms with Gasteiger partial charge in [0.1, 0.15) is 5.75 Å². The van der Waals surface area contributed by atoms with Crippen molar-refractivity contribution in [3.05, 3.63) is 126 Å². The number of nitrogens with zero attached hydrogens (tertiary/aromatic N) is 1. The number of ether oxygens (including phenoxy) is 1. The number of sulfonamides is 1. The van der Waals surface area contributed by atoms with E-state index in [1.807, 2.05) is 56.3 Å². The molecule has 0 saturated heterocycles. The van der Waals surface area contributed by atoms with Crippen LogP contribution in [0.5, 0.6) is 5.75 Å². The van der Waals surface area contributed by atoms with Crippen LogP contribution in [0.25, 0.3) is 0 Å². The molecule has 6 nitrogen and oxygen atoms in total. The fourth-order valence-electron chi connectivity index (χ4n) is 3.94. The number of benzene rings is 4. The van der Waals surface area contributed by atoms with Crippen LogP contribution in [0.2, 0.25) is 0 Å². The fraction of sp³-hybridized carbons (Fsp3) is 0.167. The van der Waals surface area contributed by atoms with Crippen molar-refractivity contribution in [2.24, 2.45) is 0 Å². The van der Waals surface area contributed by atoms with Gasteiger partial charge in [0.15, 0.2) is 0 Å². The number of amides is 1. The van der Waals surface area contributed by atoms with Crippen molar-refractivity contribution in [2.45, 2.75) is 31.3 Å². The Balaban J connectivity index is 1.49. The Labute approximate surface area is 218 Å². The van der Waals surface area contributed by atoms with Crippen LogP contribution in [0.1, 0.15) is 41.4 Å². The van der Waals surface area contributed by atoms with Crippen LogP contribution < -0.4 is 14.4 Å². The summed E-state index contributed by atoms with van der Waals surface area (Å²) >= 11 is 0. The minimum Gasteiger partial charge on any atom is -0.494 e. The maximum atomic E-state index is 13.5. The van der Waals surface area contributed by atoms with Crippen molar-refractivity contribution in [1.82, 2.24) is 5.32 Å². The minimum absolute atomic E-state index is 0.131. The summed E-state index contributed by atoms with van der Waals surface area (Å²) in [6, 6.07) is 31.8. The zero-order valence-electron chi connectivity index (χ0n) is 20.9. The van der Waals surface area contributed by atoms with Gasteiger partial charge in [-0.3, -0.25) is 9.10 Å². The molecule has 190 valence electrons. The number of carbonyl (C=O) groups excluding carboxylic acids is 1. The van der Waals surface area contributed by atoms with Gasteiger partial charge in [0.25, 0.3) is 15.9 Å². The third kappa shape index (κ3) is 6.37. The second-order valence-electron chi connectivity index (χ2n) is 8.55. The lowest BCUT2D eigenvalue weighted by Gasteiger charge is -2.25. The van der Waals surface area contributed by atoms with E-state index in [0.717, 1.165) is 16.9 Å². The van der Waals surface area contributed by atoms with Gasteiger partial charge in [0, 0.05) is 5.56 Å². The first-order valence-electron chi connectivity index (χ1n) is 12.1. The van der Waals surface area contributed by atoms with Gasteiger partial charge in [-0.2, -0.15) is 0 Å². The molecule has 4 rings (SSSR count). The highest BCUT2D eigenvalue weighted by Crippen LogP contribution is 2.26. The Kier molecular flexibility index (Phi) is 8.25. The van der Waals surface area contributed by atoms with Gasteiger partial charge in [-0.25, -0.2) is 8.42 Å². The van der Waals surface area contributed by atoms with Crippen molar-refractivity contribution in [3.8, 4) is 5.75 Å². The summed E-state index contributed by atoms with van der Waals surface area (Å²) in [6.07, 6.45) is 0. The van der Waals surface area contributed by atoms with Crippen LogP contribution in [0.3, 0.4) is 0 Å². The van der Waals surface area contributed by atoms with E-state index in [-0.39, 0.29) is 23.4 Å². The summed E-state index contributed by atoms with van der Waals surface area (Å²) in [4.78, 5) is 13.1. The molecule has 0 unspecified atom stereocenters. The standard InChI is InChI=1S/C30H30N2O4S/c1-3-36-28-20-18-25(19-21-28)23(2)31-30(33)26-16-14-24(15-17-26)22-32(27-10-6-4-7-11-27)37(34,35)29-12-8-5-9-13-29/h4-21,23H,3,22H2,1-2H3,(H,31,33)/t23-/m1/s1. The van der Waals surface area contributed by atoms with Crippen molar-refractivity contribution in [1.29, 1.82) is 0 Å². The largest absolute Gasteiger partial charge is 0.494 e. The molecular weight excluding hydrogens is 484 g/mol. The van der Waals surface area contributed by atoms with Gasteiger partial charge in [0.05, 0.1) is 29.8 Å². The lowest BCUT2D eigenvalue weighted by molar-refractivity contribution is 0.0940. The molecular formula is C30H30N2O4S. The molecule has 0 bridgehead atoms. The Bertz CT molecular complexity index is 1410. The maximum Gasteiger partial charge on any atom is 0.264 e. The third-order valence-electron chi connectivity index (χ3n) is 5.96. The second-order valence-corrected chi connectivity index (χ2v) is 10.4. The summed E-state index contributed by atoms with van der Waals surface area (Å²) in [7, 11) is -3.79. The molecule has 7 heteroatoms. The van der Waals surface area contributed by atoms with Crippen LogP contribution in [-0.2, 0) is 16.6 Å². The van der Waals surface area contributed by atoms with Gasteiger partial charge in [-0.15, -0.1) is 0 Å². The molecule has 4 aromatic rings. The molecule has 0 fully saturated rings. The van der Waals surface area contributed by atoms with Gasteiger partial charge >= 0.3 is 0 Å². The second kappa shape index (κ2) is 11.8. The number of rotatable bonds is 10. The van der Waals surface area contributed by atoms with Gasteiger partial charge in [-0.1, -0.05) is 60.7 Å². The highest BCUT2D eigenvalue weighted by molar-refractivity contribution is 7.92. The average molecular weight is 515 g/mol. The zero-order chi connectivity index (χ0) is 26.3. The van der Waals surface area contributed by atoms with E-state index in [4.69, 9.17) is 4.74 Å². The molecule has 0 spiro atoms. The summed E-state index contributed by atoms with van der Waals surface area (Å²) < 4.78 is 33.8. The highest BCUT2D eigenvalue weighted by Gasteiger charge is 2.25. The van der Waals surface area contributed by atoms with Crippen molar-refractivity contribution < 1.29 is 17.9 Å². The van der Waals surface area contributed by atoms with Gasteiger partial charge < -0.3 is 10.1 Å². The average Bonchev–Trinajstić information content (AvgIpc) is 2.93. The van der Waals surface area contributed by atoms with Gasteiger partial charge in [0.2, 0.25) is 0 Å². The van der Waals surface area contributed by atoms with Crippen LogP contribution >= 0.6 is 0 Å². The molecule has 37 heavy (non-hydrogen) atoms. The molecule has 0 saturated carbocycles. The number of para-hydroxylation sites is 1. The number of nitrogens with one attached hydrogen (secondary N) is 1. The summed E-state index contributed by atoms with van der Waals surface area (Å²) in [5.74, 6) is 0.587. The third-order valence-corrected chi connectivity index (χ3v) is 7.74. The van der Waals surface area contributed by atoms with Crippen LogP contribution in [0.4, 0.5) is 5.69 Å². The first-order valence-corrected chi connectivity index (χ1v) is 13.6. The number of carbonyl (C=O) groups is 1. The first kappa shape index (κ1) is 26.0. The molecule has 1 N–H and O–H groups in total. The lowest BCUT2D eigenvalue weighted by Crippen LogP contribution is -2.30. The molecule has 0 aliphatic carbocycles. The van der Waals surface area contributed by atoms with E-state index in [1.165, 1.54) is 4.31 Å². The molecule has 1 atom stereocenters. The molecule has 0 radical (unpaired) electrons. The van der Waals surface area contributed by atoms with E-state index >= 15 is 0 Å². The molecule has 1 amide bonds. The Hall–Kier alpha value is -4.10. The van der Waals surface area contributed by atoms with Crippen molar-refractivity contribution in [3.63, 3.8) is 0 Å². The monoisotopic (exact) mass is 514 g/mol. The topological polar surface area (TPSA) is 75.7 Å². The Morgan fingerprint density at radius 1 is 0.838 bits per heavy atom. The van der Waals surface area contributed by atoms with Crippen LogP contribution in [0, 0.1) is 0 Å². The number of anilines is 1. The van der Waals surface area contributed by atoms with Crippen LogP contribution in [-0.4, -0.2) is 20.9 Å². The minimum atomic E-state index is -3.79. The maximum absolute atomic E-state index is 13.5. The predicted octanol–water partition coefficient (Wildman–Crippen LogP) is 5.97. The normalized spacial score (nSPS) is 11.9. The number of hydrogen-bond donors (Lipinski definition) is 1. The molecule has 0 heterocycles. The zero-order valence-corrected chi connectivity index (χ0v) is 21.7. The Morgan fingerprint density at radius 3 is 2.03 bits per heavy atom. The molecule has 0 aliphatic rings. The van der Waals surface area contributed by atoms with Crippen molar-refractivity contribution >= 4 is 21.6 Å². The SMILES string of the molecule is CCOc1ccc([C@@H](C)NC(=O)c2ccc(CN(c3ccccc3)S(=O)(=O)c3ccccc3)cc2)cc1. The van der Waals surface area contributed by atoms with Gasteiger partial charge in [-0.05, 0) is 73.5 Å². The summed E-state index contributed by atoms with van der Waals surface area (Å²) in [6.45, 7) is 4.59. The summed E-state index contributed by atoms with van der Waals surface area (Å²) in [5.41, 5.74) is 2.80. The van der Waals surface area contributed by atoms with E-state index in [1.54, 1.807) is 66.7 Å². The smallest absolute Gasteiger partial charge is 0.264 e. The number of hydrogen-bond acceptors (Lipinski definition) is 4. The van der Waals surface area contributed by atoms with E-state index in [9.17, 15) is 13.2 Å². The summed E-state index contributed by atoms with van der Waals surface area (Å²) in [5, 5.41) is 3.01. The van der Waals surface area contributed by atoms with E-state index in [2.05, 4.69) is 5.32 Å². The predicted molar refractivity (Wildman–Crippen MR) is 146 cm³/mol. The Morgan fingerprint density at radius 2 is 1.43 bits per heavy atom. The van der Waals surface area contributed by atoms with E-state index < -0.39 is 10.0 Å². The lowest BCUT2D eigenvalue weighted by atomic mass is 10.1. The van der Waals surface area contributed by atoms with E-state index in [0.29, 0.717) is 17.9 Å².